The summed E-state index contributed by atoms with van der Waals surface area (Å²) in [6.45, 7) is 4.79. The molecule has 5 rings (SSSR count). The number of allylic oxidation sites excluding steroid dienone is 1. The van der Waals surface area contributed by atoms with Gasteiger partial charge in [-0.05, 0) is 91.4 Å². The van der Waals surface area contributed by atoms with Gasteiger partial charge in [-0.1, -0.05) is 55.3 Å². The van der Waals surface area contributed by atoms with Crippen LogP contribution in [-0.4, -0.2) is 22.4 Å². The molecule has 0 radical (unpaired) electrons. The Morgan fingerprint density at radius 2 is 1.76 bits per heavy atom. The summed E-state index contributed by atoms with van der Waals surface area (Å²) in [5.41, 5.74) is 4.06. The maximum absolute atomic E-state index is 11.3. The average Bonchev–Trinajstić information content (AvgIpc) is 2.95. The second-order valence-corrected chi connectivity index (χ2v) is 11.0. The minimum atomic E-state index is -0.351. The van der Waals surface area contributed by atoms with Crippen LogP contribution in [0.25, 0.3) is 6.08 Å². The first-order valence-corrected chi connectivity index (χ1v) is 11.7. The van der Waals surface area contributed by atoms with Gasteiger partial charge in [0.05, 0.1) is 12.2 Å². The number of hydrogen-bond donors (Lipinski definition) is 2. The highest BCUT2D eigenvalue weighted by molar-refractivity contribution is 6.30. The van der Waals surface area contributed by atoms with Gasteiger partial charge in [0, 0.05) is 10.4 Å². The fraction of sp³-hybridized carbons (Fsp3) is 0.615. The molecule has 3 fully saturated rings. The molecule has 0 bridgehead atoms. The molecule has 0 unspecified atom stereocenters. The number of fused-ring (bicyclic) bond motifs is 5. The van der Waals surface area contributed by atoms with Gasteiger partial charge in [-0.15, -0.1) is 0 Å². The fourth-order valence-electron chi connectivity index (χ4n) is 7.41. The van der Waals surface area contributed by atoms with Crippen LogP contribution in [-0.2, 0) is 0 Å². The average molecular weight is 413 g/mol. The highest BCUT2D eigenvalue weighted by Gasteiger charge is 2.59. The molecule has 156 valence electrons. The van der Waals surface area contributed by atoms with E-state index < -0.39 is 0 Å². The number of rotatable bonds is 1. The van der Waals surface area contributed by atoms with Crippen LogP contribution in [0, 0.1) is 28.6 Å². The molecule has 2 N–H and O–H groups in total. The SMILES string of the molecule is C[C@]12CC[C@@H]3[C@H](CC=C4C[C@@H](O)CC[C@@]43C)[C@H]1C/C(=C/c1ccc(Cl)cc1)[C@H]2O. The lowest BCUT2D eigenvalue weighted by Crippen LogP contribution is -2.51. The zero-order valence-electron chi connectivity index (χ0n) is 17.6. The zero-order valence-corrected chi connectivity index (χ0v) is 18.3. The van der Waals surface area contributed by atoms with E-state index in [9.17, 15) is 10.2 Å². The molecule has 1 aromatic rings. The molecule has 7 atom stereocenters. The molecule has 0 saturated heterocycles. The van der Waals surface area contributed by atoms with Crippen molar-refractivity contribution in [2.45, 2.75) is 71.0 Å². The van der Waals surface area contributed by atoms with E-state index >= 15 is 0 Å². The van der Waals surface area contributed by atoms with E-state index in [1.807, 2.05) is 24.3 Å². The third-order valence-electron chi connectivity index (χ3n) is 9.17. The van der Waals surface area contributed by atoms with Crippen molar-refractivity contribution in [2.24, 2.45) is 28.6 Å². The molecule has 0 aliphatic heterocycles. The Hall–Kier alpha value is -1.09. The molecule has 2 nitrogen and oxygen atoms in total. The van der Waals surface area contributed by atoms with Crippen molar-refractivity contribution >= 4 is 17.7 Å². The number of aliphatic hydroxyl groups is 2. The monoisotopic (exact) mass is 412 g/mol. The van der Waals surface area contributed by atoms with E-state index in [0.29, 0.717) is 17.8 Å². The molecule has 0 aromatic heterocycles. The minimum absolute atomic E-state index is 0.0185. The van der Waals surface area contributed by atoms with Gasteiger partial charge in [0.15, 0.2) is 0 Å². The van der Waals surface area contributed by atoms with E-state index in [1.54, 1.807) is 0 Å². The normalized spacial score (nSPS) is 45.3. The van der Waals surface area contributed by atoms with Crippen LogP contribution in [0.5, 0.6) is 0 Å². The number of benzene rings is 1. The first-order valence-electron chi connectivity index (χ1n) is 11.3. The van der Waals surface area contributed by atoms with E-state index in [-0.39, 0.29) is 23.0 Å². The predicted molar refractivity (Wildman–Crippen MR) is 119 cm³/mol. The van der Waals surface area contributed by atoms with E-state index in [4.69, 9.17) is 11.6 Å². The molecule has 4 aliphatic carbocycles. The Morgan fingerprint density at radius 3 is 2.52 bits per heavy atom. The topological polar surface area (TPSA) is 40.5 Å². The lowest BCUT2D eigenvalue weighted by atomic mass is 9.48. The fourth-order valence-corrected chi connectivity index (χ4v) is 7.54. The van der Waals surface area contributed by atoms with Crippen molar-refractivity contribution in [1.82, 2.24) is 0 Å². The lowest BCUT2D eigenvalue weighted by Gasteiger charge is -2.57. The summed E-state index contributed by atoms with van der Waals surface area (Å²) in [5.74, 6) is 1.87. The zero-order chi connectivity index (χ0) is 20.4. The van der Waals surface area contributed by atoms with E-state index in [0.717, 1.165) is 49.1 Å². The predicted octanol–water partition coefficient (Wildman–Crippen LogP) is 6.02. The third-order valence-corrected chi connectivity index (χ3v) is 9.42. The quantitative estimate of drug-likeness (QED) is 0.554. The highest BCUT2D eigenvalue weighted by Crippen LogP contribution is 2.65. The summed E-state index contributed by atoms with van der Waals surface area (Å²) in [4.78, 5) is 0. The second-order valence-electron chi connectivity index (χ2n) is 10.6. The van der Waals surface area contributed by atoms with Gasteiger partial charge in [-0.2, -0.15) is 0 Å². The van der Waals surface area contributed by atoms with Crippen LogP contribution in [0.3, 0.4) is 0 Å². The minimum Gasteiger partial charge on any atom is -0.393 e. The molecule has 4 aliphatic rings. The molecule has 3 saturated carbocycles. The molecular weight excluding hydrogens is 380 g/mol. The lowest BCUT2D eigenvalue weighted by molar-refractivity contribution is -0.0685. The molecule has 1 aromatic carbocycles. The molecule has 3 heteroatoms. The van der Waals surface area contributed by atoms with Gasteiger partial charge in [0.25, 0.3) is 0 Å². The molecule has 0 amide bonds. The molecular formula is C26H33ClO2. The summed E-state index contributed by atoms with van der Waals surface area (Å²) in [7, 11) is 0. The van der Waals surface area contributed by atoms with Crippen LogP contribution in [0.1, 0.15) is 64.4 Å². The second kappa shape index (κ2) is 6.97. The van der Waals surface area contributed by atoms with Gasteiger partial charge < -0.3 is 10.2 Å². The summed E-state index contributed by atoms with van der Waals surface area (Å²) < 4.78 is 0. The molecule has 0 heterocycles. The summed E-state index contributed by atoms with van der Waals surface area (Å²) >= 11 is 6.04. The Bertz CT molecular complexity index is 856. The van der Waals surface area contributed by atoms with Gasteiger partial charge >= 0.3 is 0 Å². The van der Waals surface area contributed by atoms with Crippen molar-refractivity contribution in [3.8, 4) is 0 Å². The first kappa shape index (κ1) is 19.8. The Balaban J connectivity index is 1.46. The molecule has 29 heavy (non-hydrogen) atoms. The van der Waals surface area contributed by atoms with Crippen molar-refractivity contribution < 1.29 is 10.2 Å². The van der Waals surface area contributed by atoms with E-state index in [2.05, 4.69) is 26.0 Å². The first-order chi connectivity index (χ1) is 13.8. The number of aliphatic hydroxyl groups excluding tert-OH is 2. The Kier molecular flexibility index (Phi) is 4.77. The van der Waals surface area contributed by atoms with Gasteiger partial charge in [-0.3, -0.25) is 0 Å². The largest absolute Gasteiger partial charge is 0.393 e. The molecule has 0 spiro atoms. The van der Waals surface area contributed by atoms with Gasteiger partial charge in [-0.25, -0.2) is 0 Å². The summed E-state index contributed by atoms with van der Waals surface area (Å²) in [6, 6.07) is 7.93. The summed E-state index contributed by atoms with van der Waals surface area (Å²) in [6.07, 6.45) is 11.5. The van der Waals surface area contributed by atoms with Crippen LogP contribution in [0.15, 0.2) is 41.5 Å². The third kappa shape index (κ3) is 3.06. The van der Waals surface area contributed by atoms with Crippen LogP contribution in [0.4, 0.5) is 0 Å². The Morgan fingerprint density at radius 1 is 1.00 bits per heavy atom. The maximum atomic E-state index is 11.3. The van der Waals surface area contributed by atoms with Crippen LogP contribution < -0.4 is 0 Å². The van der Waals surface area contributed by atoms with Crippen molar-refractivity contribution in [1.29, 1.82) is 0 Å². The summed E-state index contributed by atoms with van der Waals surface area (Å²) in [5, 5.41) is 22.3. The maximum Gasteiger partial charge on any atom is 0.0809 e. The van der Waals surface area contributed by atoms with Gasteiger partial charge in [0.1, 0.15) is 0 Å². The number of hydrogen-bond acceptors (Lipinski definition) is 2. The van der Waals surface area contributed by atoms with Crippen LogP contribution in [0.2, 0.25) is 5.02 Å². The standard InChI is InChI=1S/C26H33ClO2/c1-25-11-9-20(28)15-18(25)5-8-21-22(25)10-12-26(2)23(21)14-17(24(26)29)13-16-3-6-19(27)7-4-16/h3-7,13,20-24,28-29H,8-12,14-15H2,1-2H3/b17-13-/t20-,21-,22+,23+,24+,25-,26-/m0/s1. The van der Waals surface area contributed by atoms with Gasteiger partial charge in [0.2, 0.25) is 0 Å². The van der Waals surface area contributed by atoms with Crippen LogP contribution >= 0.6 is 11.6 Å². The van der Waals surface area contributed by atoms with Crippen molar-refractivity contribution in [3.63, 3.8) is 0 Å². The van der Waals surface area contributed by atoms with Crippen molar-refractivity contribution in [3.05, 3.63) is 52.1 Å². The number of halogens is 1. The Labute approximate surface area is 179 Å². The highest BCUT2D eigenvalue weighted by atomic mass is 35.5. The van der Waals surface area contributed by atoms with E-state index in [1.165, 1.54) is 17.6 Å². The van der Waals surface area contributed by atoms with Crippen molar-refractivity contribution in [2.75, 3.05) is 0 Å². The smallest absolute Gasteiger partial charge is 0.0809 e.